The number of hydrogen-bond donors (Lipinski definition) is 2. The average Bonchev–Trinajstić information content (AvgIpc) is 3.19. The molecule has 1 aliphatic rings. The third-order valence-electron chi connectivity index (χ3n) is 3.62. The quantitative estimate of drug-likeness (QED) is 0.905. The molecule has 22 heavy (non-hydrogen) atoms. The van der Waals surface area contributed by atoms with E-state index in [4.69, 9.17) is 0 Å². The molecular weight excluding hydrogens is 302 g/mol. The second-order valence-electron chi connectivity index (χ2n) is 5.22. The number of sulfonamides is 1. The number of carbonyl (C=O) groups excluding carboxylic acids is 1. The smallest absolute Gasteiger partial charge is 0.270 e. The largest absolute Gasteiger partial charge is 0.356 e. The first-order valence-corrected chi connectivity index (χ1v) is 8.60. The highest BCUT2D eigenvalue weighted by atomic mass is 32.2. The van der Waals surface area contributed by atoms with Gasteiger partial charge in [0.1, 0.15) is 10.6 Å². The number of likely N-dealkylation sites (tertiary alicyclic amines) is 1. The molecular formula is C15H17N3O3S. The molecule has 1 aromatic heterocycles. The van der Waals surface area contributed by atoms with Crippen LogP contribution in [0.2, 0.25) is 0 Å². The fourth-order valence-electron chi connectivity index (χ4n) is 2.46. The van der Waals surface area contributed by atoms with Crippen molar-refractivity contribution in [2.75, 3.05) is 17.8 Å². The van der Waals surface area contributed by atoms with Gasteiger partial charge in [-0.2, -0.15) is 0 Å². The molecule has 0 aliphatic carbocycles. The number of anilines is 1. The fraction of sp³-hybridized carbons (Fsp3) is 0.267. The molecule has 2 heterocycles. The summed E-state index contributed by atoms with van der Waals surface area (Å²) in [6.07, 6.45) is 3.33. The summed E-state index contributed by atoms with van der Waals surface area (Å²) < 4.78 is 27.1. The number of rotatable bonds is 4. The molecule has 0 spiro atoms. The van der Waals surface area contributed by atoms with Crippen LogP contribution < -0.4 is 4.72 Å². The van der Waals surface area contributed by atoms with Crippen LogP contribution in [-0.2, 0) is 10.0 Å². The number of benzene rings is 1. The van der Waals surface area contributed by atoms with Gasteiger partial charge in [0.15, 0.2) is 0 Å². The standard InChI is InChI=1S/C15H17N3O3S/c19-15(18-8-4-5-9-18)14-10-13(11-16-14)22(20,21)17-12-6-2-1-3-7-12/h1-3,6-7,10-11,16-17H,4-5,8-9H2. The molecule has 0 saturated carbocycles. The molecule has 1 amide bonds. The lowest BCUT2D eigenvalue weighted by atomic mass is 10.3. The Hall–Kier alpha value is -2.28. The van der Waals surface area contributed by atoms with Gasteiger partial charge in [-0.25, -0.2) is 8.42 Å². The lowest BCUT2D eigenvalue weighted by molar-refractivity contribution is 0.0787. The Labute approximate surface area is 129 Å². The molecule has 0 unspecified atom stereocenters. The lowest BCUT2D eigenvalue weighted by Gasteiger charge is -2.13. The van der Waals surface area contributed by atoms with Crippen LogP contribution in [0.5, 0.6) is 0 Å². The lowest BCUT2D eigenvalue weighted by Crippen LogP contribution is -2.27. The Kier molecular flexibility index (Phi) is 3.89. The third-order valence-corrected chi connectivity index (χ3v) is 4.98. The molecule has 2 aromatic rings. The Morgan fingerprint density at radius 2 is 1.82 bits per heavy atom. The zero-order valence-electron chi connectivity index (χ0n) is 12.0. The minimum absolute atomic E-state index is 0.0545. The summed E-state index contributed by atoms with van der Waals surface area (Å²) in [6, 6.07) is 10.0. The van der Waals surface area contributed by atoms with Crippen LogP contribution >= 0.6 is 0 Å². The number of hydrogen-bond acceptors (Lipinski definition) is 3. The maximum absolute atomic E-state index is 12.3. The minimum Gasteiger partial charge on any atom is -0.356 e. The molecule has 7 heteroatoms. The number of nitrogens with zero attached hydrogens (tertiary/aromatic N) is 1. The summed E-state index contributed by atoms with van der Waals surface area (Å²) in [7, 11) is -3.70. The summed E-state index contributed by atoms with van der Waals surface area (Å²) in [4.78, 5) is 16.8. The van der Waals surface area contributed by atoms with Gasteiger partial charge in [-0.15, -0.1) is 0 Å². The molecule has 6 nitrogen and oxygen atoms in total. The van der Waals surface area contributed by atoms with Crippen LogP contribution in [0.3, 0.4) is 0 Å². The van der Waals surface area contributed by atoms with Gasteiger partial charge in [0.05, 0.1) is 0 Å². The van der Waals surface area contributed by atoms with Crippen molar-refractivity contribution in [3.05, 3.63) is 48.3 Å². The SMILES string of the molecule is O=C(c1cc(S(=O)(=O)Nc2ccccc2)c[nH]1)N1CCCC1. The molecule has 3 rings (SSSR count). The molecule has 0 bridgehead atoms. The highest BCUT2D eigenvalue weighted by molar-refractivity contribution is 7.92. The number of aromatic amines is 1. The van der Waals surface area contributed by atoms with E-state index < -0.39 is 10.0 Å². The topological polar surface area (TPSA) is 82.3 Å². The second kappa shape index (κ2) is 5.84. The Bertz CT molecular complexity index is 762. The zero-order chi connectivity index (χ0) is 15.6. The van der Waals surface area contributed by atoms with Crippen LogP contribution in [-0.4, -0.2) is 37.3 Å². The predicted molar refractivity (Wildman–Crippen MR) is 83.2 cm³/mol. The summed E-state index contributed by atoms with van der Waals surface area (Å²) in [5.74, 6) is -0.154. The Balaban J connectivity index is 1.79. The first-order valence-electron chi connectivity index (χ1n) is 7.12. The van der Waals surface area contributed by atoms with Gasteiger partial charge in [-0.05, 0) is 31.0 Å². The van der Waals surface area contributed by atoms with Gasteiger partial charge >= 0.3 is 0 Å². The summed E-state index contributed by atoms with van der Waals surface area (Å²) in [6.45, 7) is 1.45. The maximum atomic E-state index is 12.3. The van der Waals surface area contributed by atoms with Crippen LogP contribution in [0, 0.1) is 0 Å². The van der Waals surface area contributed by atoms with Crippen molar-refractivity contribution in [2.24, 2.45) is 0 Å². The van der Waals surface area contributed by atoms with E-state index in [-0.39, 0.29) is 10.8 Å². The van der Waals surface area contributed by atoms with Crippen molar-refractivity contribution < 1.29 is 13.2 Å². The number of aromatic nitrogens is 1. The fourth-order valence-corrected chi connectivity index (χ4v) is 3.52. The highest BCUT2D eigenvalue weighted by Gasteiger charge is 2.23. The van der Waals surface area contributed by atoms with E-state index in [2.05, 4.69) is 9.71 Å². The highest BCUT2D eigenvalue weighted by Crippen LogP contribution is 2.18. The Morgan fingerprint density at radius 3 is 2.50 bits per heavy atom. The number of para-hydroxylation sites is 1. The summed E-state index contributed by atoms with van der Waals surface area (Å²) in [5.41, 5.74) is 0.784. The average molecular weight is 319 g/mol. The molecule has 2 N–H and O–H groups in total. The molecule has 1 saturated heterocycles. The van der Waals surface area contributed by atoms with Gasteiger partial charge < -0.3 is 9.88 Å². The van der Waals surface area contributed by atoms with E-state index in [9.17, 15) is 13.2 Å². The van der Waals surface area contributed by atoms with Crippen molar-refractivity contribution in [1.29, 1.82) is 0 Å². The normalized spacial score (nSPS) is 15.0. The van der Waals surface area contributed by atoms with Gasteiger partial charge in [-0.3, -0.25) is 9.52 Å². The van der Waals surface area contributed by atoms with E-state index >= 15 is 0 Å². The number of carbonyl (C=O) groups is 1. The van der Waals surface area contributed by atoms with Crippen LogP contribution in [0.4, 0.5) is 5.69 Å². The van der Waals surface area contributed by atoms with E-state index in [1.54, 1.807) is 35.2 Å². The molecule has 1 aromatic carbocycles. The van der Waals surface area contributed by atoms with E-state index in [1.165, 1.54) is 12.3 Å². The van der Waals surface area contributed by atoms with Crippen molar-refractivity contribution in [1.82, 2.24) is 9.88 Å². The predicted octanol–water partition coefficient (Wildman–Crippen LogP) is 2.05. The molecule has 1 fully saturated rings. The van der Waals surface area contributed by atoms with E-state index in [0.29, 0.717) is 11.4 Å². The molecule has 0 radical (unpaired) electrons. The second-order valence-corrected chi connectivity index (χ2v) is 6.90. The van der Waals surface area contributed by atoms with Crippen LogP contribution in [0.1, 0.15) is 23.3 Å². The maximum Gasteiger partial charge on any atom is 0.270 e. The van der Waals surface area contributed by atoms with Crippen molar-refractivity contribution in [3.8, 4) is 0 Å². The molecule has 0 atom stereocenters. The monoisotopic (exact) mass is 319 g/mol. The Morgan fingerprint density at radius 1 is 1.14 bits per heavy atom. The van der Waals surface area contributed by atoms with E-state index in [0.717, 1.165) is 25.9 Å². The number of amides is 1. The minimum atomic E-state index is -3.70. The van der Waals surface area contributed by atoms with Crippen LogP contribution in [0.25, 0.3) is 0 Å². The zero-order valence-corrected chi connectivity index (χ0v) is 12.8. The number of nitrogens with one attached hydrogen (secondary N) is 2. The van der Waals surface area contributed by atoms with Gasteiger partial charge in [0.25, 0.3) is 15.9 Å². The summed E-state index contributed by atoms with van der Waals surface area (Å²) in [5, 5.41) is 0. The van der Waals surface area contributed by atoms with Gasteiger partial charge in [0.2, 0.25) is 0 Å². The van der Waals surface area contributed by atoms with Gasteiger partial charge in [0, 0.05) is 25.0 Å². The molecule has 116 valence electrons. The van der Waals surface area contributed by atoms with Gasteiger partial charge in [-0.1, -0.05) is 18.2 Å². The van der Waals surface area contributed by atoms with Crippen molar-refractivity contribution >= 4 is 21.6 Å². The summed E-state index contributed by atoms with van der Waals surface area (Å²) >= 11 is 0. The van der Waals surface area contributed by atoms with Crippen LogP contribution in [0.15, 0.2) is 47.5 Å². The first-order chi connectivity index (χ1) is 10.6. The van der Waals surface area contributed by atoms with E-state index in [1.807, 2.05) is 0 Å². The third kappa shape index (κ3) is 2.99. The number of H-pyrrole nitrogens is 1. The first kappa shape index (κ1) is 14.6. The molecule has 1 aliphatic heterocycles. The van der Waals surface area contributed by atoms with Crippen molar-refractivity contribution in [2.45, 2.75) is 17.7 Å². The van der Waals surface area contributed by atoms with Crippen molar-refractivity contribution in [3.63, 3.8) is 0 Å².